The summed E-state index contributed by atoms with van der Waals surface area (Å²) in [6, 6.07) is 2.12. The second kappa shape index (κ2) is 4.41. The van der Waals surface area contributed by atoms with Gasteiger partial charge in [-0.05, 0) is 20.8 Å². The molecular formula is C10H13N3OS. The zero-order valence-corrected chi connectivity index (χ0v) is 9.81. The van der Waals surface area contributed by atoms with Crippen molar-refractivity contribution >= 4 is 17.2 Å². The maximum absolute atomic E-state index is 11.5. The number of rotatable bonds is 3. The Kier molecular flexibility index (Phi) is 3.43. The van der Waals surface area contributed by atoms with Crippen molar-refractivity contribution in [3.8, 4) is 6.07 Å². The van der Waals surface area contributed by atoms with Gasteiger partial charge >= 0.3 is 0 Å². The molecule has 1 amide bonds. The summed E-state index contributed by atoms with van der Waals surface area (Å²) in [6.07, 6.45) is 0. The summed E-state index contributed by atoms with van der Waals surface area (Å²) in [5.74, 6) is -0.220. The maximum atomic E-state index is 11.5. The molecule has 4 nitrogen and oxygen atoms in total. The first-order valence-electron chi connectivity index (χ1n) is 4.56. The highest BCUT2D eigenvalue weighted by molar-refractivity contribution is 7.09. The van der Waals surface area contributed by atoms with Crippen LogP contribution in [0.25, 0.3) is 0 Å². The van der Waals surface area contributed by atoms with Crippen molar-refractivity contribution in [2.24, 2.45) is 5.41 Å². The van der Waals surface area contributed by atoms with Gasteiger partial charge in [0.1, 0.15) is 5.69 Å². The van der Waals surface area contributed by atoms with E-state index in [9.17, 15) is 4.79 Å². The number of aromatic nitrogens is 1. The lowest BCUT2D eigenvalue weighted by Gasteiger charge is -2.14. The molecule has 0 fully saturated rings. The van der Waals surface area contributed by atoms with Gasteiger partial charge in [0.25, 0.3) is 5.91 Å². The van der Waals surface area contributed by atoms with E-state index in [0.717, 1.165) is 5.01 Å². The van der Waals surface area contributed by atoms with Crippen LogP contribution in [0.3, 0.4) is 0 Å². The number of hydrogen-bond donors (Lipinski definition) is 1. The molecule has 1 aromatic heterocycles. The van der Waals surface area contributed by atoms with Gasteiger partial charge < -0.3 is 5.32 Å². The van der Waals surface area contributed by atoms with E-state index >= 15 is 0 Å². The van der Waals surface area contributed by atoms with E-state index in [1.54, 1.807) is 19.2 Å². The fraction of sp³-hybridized carbons (Fsp3) is 0.500. The third-order valence-corrected chi connectivity index (χ3v) is 2.62. The molecule has 80 valence electrons. The molecule has 0 bridgehead atoms. The second-order valence-corrected chi connectivity index (χ2v) is 4.99. The van der Waals surface area contributed by atoms with Crippen LogP contribution in [0.2, 0.25) is 0 Å². The molecule has 0 radical (unpaired) electrons. The summed E-state index contributed by atoms with van der Waals surface area (Å²) in [5, 5.41) is 14.0. The normalized spacial score (nSPS) is 10.8. The average molecular weight is 223 g/mol. The third kappa shape index (κ3) is 3.33. The molecular weight excluding hydrogens is 210 g/mol. The third-order valence-electron chi connectivity index (χ3n) is 1.85. The molecule has 1 N–H and O–H groups in total. The van der Waals surface area contributed by atoms with E-state index in [0.29, 0.717) is 12.2 Å². The van der Waals surface area contributed by atoms with Gasteiger partial charge in [-0.1, -0.05) is 0 Å². The predicted octanol–water partition coefficient (Wildman–Crippen LogP) is 1.73. The molecule has 0 unspecified atom stereocenters. The minimum absolute atomic E-state index is 0.220. The summed E-state index contributed by atoms with van der Waals surface area (Å²) >= 11 is 1.43. The largest absolute Gasteiger partial charge is 0.349 e. The first kappa shape index (κ1) is 11.7. The molecule has 0 aromatic carbocycles. The van der Waals surface area contributed by atoms with E-state index in [1.165, 1.54) is 11.3 Å². The van der Waals surface area contributed by atoms with Crippen molar-refractivity contribution in [2.75, 3.05) is 6.54 Å². The molecule has 15 heavy (non-hydrogen) atoms. The van der Waals surface area contributed by atoms with Gasteiger partial charge in [-0.25, -0.2) is 4.98 Å². The Balaban J connectivity index is 2.55. The van der Waals surface area contributed by atoms with Crippen LogP contribution in [0, 0.1) is 23.7 Å². The number of hydrogen-bond acceptors (Lipinski definition) is 4. The maximum Gasteiger partial charge on any atom is 0.270 e. The number of carbonyl (C=O) groups is 1. The minimum Gasteiger partial charge on any atom is -0.349 e. The van der Waals surface area contributed by atoms with E-state index < -0.39 is 5.41 Å². The van der Waals surface area contributed by atoms with Gasteiger partial charge in [-0.15, -0.1) is 11.3 Å². The number of nitriles is 1. The molecule has 0 spiro atoms. The van der Waals surface area contributed by atoms with Crippen molar-refractivity contribution in [1.29, 1.82) is 5.26 Å². The van der Waals surface area contributed by atoms with E-state index in [2.05, 4.69) is 16.4 Å². The monoisotopic (exact) mass is 223 g/mol. The molecule has 0 saturated heterocycles. The number of aryl methyl sites for hydroxylation is 1. The Morgan fingerprint density at radius 1 is 1.73 bits per heavy atom. The van der Waals surface area contributed by atoms with Gasteiger partial charge in [0.05, 0.1) is 16.5 Å². The minimum atomic E-state index is -0.541. The van der Waals surface area contributed by atoms with Crippen molar-refractivity contribution in [1.82, 2.24) is 10.3 Å². The second-order valence-electron chi connectivity index (χ2n) is 3.93. The number of thiazole rings is 1. The van der Waals surface area contributed by atoms with E-state index in [4.69, 9.17) is 5.26 Å². The molecule has 0 aliphatic carbocycles. The Hall–Kier alpha value is -1.41. The Bertz CT molecular complexity index is 403. The van der Waals surface area contributed by atoms with Crippen molar-refractivity contribution in [3.05, 3.63) is 16.1 Å². The van der Waals surface area contributed by atoms with Crippen LogP contribution in [0.1, 0.15) is 29.3 Å². The fourth-order valence-corrected chi connectivity index (χ4v) is 1.49. The Morgan fingerprint density at radius 2 is 2.40 bits per heavy atom. The smallest absolute Gasteiger partial charge is 0.270 e. The van der Waals surface area contributed by atoms with Crippen molar-refractivity contribution in [2.45, 2.75) is 20.8 Å². The van der Waals surface area contributed by atoms with E-state index in [-0.39, 0.29) is 5.91 Å². The van der Waals surface area contributed by atoms with Gasteiger partial charge in [-0.3, -0.25) is 4.79 Å². The molecule has 0 aliphatic rings. The molecule has 1 heterocycles. The molecule has 0 atom stereocenters. The van der Waals surface area contributed by atoms with Gasteiger partial charge in [0, 0.05) is 11.9 Å². The zero-order valence-electron chi connectivity index (χ0n) is 9.00. The molecule has 0 saturated carbocycles. The lowest BCUT2D eigenvalue weighted by atomic mass is 9.96. The van der Waals surface area contributed by atoms with Crippen LogP contribution >= 0.6 is 11.3 Å². The van der Waals surface area contributed by atoms with E-state index in [1.807, 2.05) is 6.92 Å². The van der Waals surface area contributed by atoms with Gasteiger partial charge in [0.15, 0.2) is 0 Å². The standard InChI is InChI=1S/C10H13N3OS/c1-7-13-8(4-15-7)9(14)12-6-10(2,3)5-11/h4H,6H2,1-3H3,(H,12,14). The SMILES string of the molecule is Cc1nc(C(=O)NCC(C)(C)C#N)cs1. The van der Waals surface area contributed by atoms with Crippen LogP contribution in [0.15, 0.2) is 5.38 Å². The predicted molar refractivity (Wildman–Crippen MR) is 58.6 cm³/mol. The highest BCUT2D eigenvalue weighted by atomic mass is 32.1. The van der Waals surface area contributed by atoms with Crippen molar-refractivity contribution in [3.63, 3.8) is 0 Å². The number of nitrogens with zero attached hydrogens (tertiary/aromatic N) is 2. The van der Waals surface area contributed by atoms with Crippen LogP contribution in [-0.4, -0.2) is 17.4 Å². The van der Waals surface area contributed by atoms with Gasteiger partial charge in [-0.2, -0.15) is 5.26 Å². The van der Waals surface area contributed by atoms with Crippen LogP contribution in [0.5, 0.6) is 0 Å². The highest BCUT2D eigenvalue weighted by Gasteiger charge is 2.18. The summed E-state index contributed by atoms with van der Waals surface area (Å²) < 4.78 is 0. The quantitative estimate of drug-likeness (QED) is 0.848. The lowest BCUT2D eigenvalue weighted by molar-refractivity contribution is 0.0939. The average Bonchev–Trinajstić information content (AvgIpc) is 2.61. The number of carbonyl (C=O) groups excluding carboxylic acids is 1. The zero-order chi connectivity index (χ0) is 11.5. The van der Waals surface area contributed by atoms with Crippen LogP contribution in [-0.2, 0) is 0 Å². The Labute approximate surface area is 92.9 Å². The van der Waals surface area contributed by atoms with Crippen molar-refractivity contribution < 1.29 is 4.79 Å². The van der Waals surface area contributed by atoms with Crippen LogP contribution in [0.4, 0.5) is 0 Å². The highest BCUT2D eigenvalue weighted by Crippen LogP contribution is 2.12. The summed E-state index contributed by atoms with van der Waals surface area (Å²) in [6.45, 7) is 5.73. The first-order valence-corrected chi connectivity index (χ1v) is 5.44. The lowest BCUT2D eigenvalue weighted by Crippen LogP contribution is -2.33. The molecule has 5 heteroatoms. The summed E-state index contributed by atoms with van der Waals surface area (Å²) in [5.41, 5.74) is -0.119. The number of amides is 1. The van der Waals surface area contributed by atoms with Gasteiger partial charge in [0.2, 0.25) is 0 Å². The topological polar surface area (TPSA) is 65.8 Å². The molecule has 1 aromatic rings. The summed E-state index contributed by atoms with van der Waals surface area (Å²) in [7, 11) is 0. The fourth-order valence-electron chi connectivity index (χ4n) is 0.899. The Morgan fingerprint density at radius 3 is 2.87 bits per heavy atom. The number of nitrogens with one attached hydrogen (secondary N) is 1. The van der Waals surface area contributed by atoms with Crippen LogP contribution < -0.4 is 5.32 Å². The summed E-state index contributed by atoms with van der Waals surface area (Å²) in [4.78, 5) is 15.6. The molecule has 0 aliphatic heterocycles. The molecule has 1 rings (SSSR count). The first-order chi connectivity index (χ1) is 6.94.